The van der Waals surface area contributed by atoms with Crippen molar-refractivity contribution in [3.8, 4) is 0 Å². The molecule has 2 N–H and O–H groups in total. The molecule has 0 radical (unpaired) electrons. The van der Waals surface area contributed by atoms with Crippen molar-refractivity contribution in [1.29, 1.82) is 0 Å². The monoisotopic (exact) mass is 386 g/mol. The minimum absolute atomic E-state index is 0.0834. The van der Waals surface area contributed by atoms with Gasteiger partial charge in [0.25, 0.3) is 5.91 Å². The van der Waals surface area contributed by atoms with Gasteiger partial charge in [0.05, 0.1) is 25.0 Å². The quantitative estimate of drug-likeness (QED) is 0.760. The second-order valence-electron chi connectivity index (χ2n) is 4.65. The van der Waals surface area contributed by atoms with E-state index in [9.17, 15) is 4.79 Å². The zero-order chi connectivity index (χ0) is 14.1. The van der Waals surface area contributed by atoms with Gasteiger partial charge in [-0.05, 0) is 28.7 Å². The number of amides is 1. The van der Waals surface area contributed by atoms with Gasteiger partial charge in [-0.15, -0.1) is 0 Å². The second-order valence-corrected chi connectivity index (χ2v) is 5.81. The zero-order valence-electron chi connectivity index (χ0n) is 11.0. The summed E-state index contributed by atoms with van der Waals surface area (Å²) in [4.78, 5) is 21.4. The number of hydrogen-bond acceptors (Lipinski definition) is 4. The number of rotatable bonds is 2. The summed E-state index contributed by atoms with van der Waals surface area (Å²) in [6, 6.07) is 2.10. The molecule has 0 bridgehead atoms. The molecule has 7 heteroatoms. The summed E-state index contributed by atoms with van der Waals surface area (Å²) in [6.45, 7) is 1.86. The van der Waals surface area contributed by atoms with Crippen LogP contribution in [0.4, 0.5) is 5.69 Å². The Morgan fingerprint density at radius 2 is 2.50 bits per heavy atom. The third-order valence-electron chi connectivity index (χ3n) is 3.44. The van der Waals surface area contributed by atoms with Crippen LogP contribution in [0.2, 0.25) is 0 Å². The van der Waals surface area contributed by atoms with Crippen molar-refractivity contribution in [2.24, 2.45) is 0 Å². The van der Waals surface area contributed by atoms with Crippen LogP contribution in [0, 0.1) is 3.57 Å². The van der Waals surface area contributed by atoms with Crippen molar-refractivity contribution < 1.29 is 9.53 Å². The topological polar surface area (TPSA) is 70.2 Å². The fraction of sp³-hybridized carbons (Fsp3) is 0.385. The molecule has 0 unspecified atom stereocenters. The van der Waals surface area contributed by atoms with Gasteiger partial charge >= 0.3 is 0 Å². The van der Waals surface area contributed by atoms with Gasteiger partial charge in [-0.25, -0.2) is 4.98 Å². The first-order valence-corrected chi connectivity index (χ1v) is 7.47. The summed E-state index contributed by atoms with van der Waals surface area (Å²) in [7, 11) is 1.63. The Kier molecular flexibility index (Phi) is 3.79. The molecular formula is C13H15IN4O2. The molecule has 2 aromatic rings. The molecule has 0 spiro atoms. The van der Waals surface area contributed by atoms with E-state index in [-0.39, 0.29) is 5.91 Å². The average molecular weight is 386 g/mol. The van der Waals surface area contributed by atoms with E-state index in [1.165, 1.54) is 0 Å². The molecule has 3 heterocycles. The molecule has 1 fully saturated rings. The van der Waals surface area contributed by atoms with E-state index >= 15 is 0 Å². The number of anilines is 1. The number of halogens is 1. The predicted octanol–water partition coefficient (Wildman–Crippen LogP) is 1.12. The van der Waals surface area contributed by atoms with E-state index < -0.39 is 6.10 Å². The molecule has 6 nitrogen and oxygen atoms in total. The van der Waals surface area contributed by atoms with Gasteiger partial charge in [-0.2, -0.15) is 0 Å². The number of morpholine rings is 1. The highest BCUT2D eigenvalue weighted by molar-refractivity contribution is 14.1. The number of fused-ring (bicyclic) bond motifs is 1. The number of pyridine rings is 1. The first kappa shape index (κ1) is 13.6. The lowest BCUT2D eigenvalue weighted by atomic mass is 10.2. The molecule has 1 saturated heterocycles. The molecule has 106 valence electrons. The van der Waals surface area contributed by atoms with E-state index in [1.54, 1.807) is 7.05 Å². The standard InChI is InChI=1S/C13H15IN4O2/c1-15-13(19)11-7-18(2-3-20-11)8-4-9-10(14)6-17-12(9)16-5-8/h4-6,11H,2-3,7H2,1H3,(H,15,19)(H,16,17)/t11-/m0/s1. The van der Waals surface area contributed by atoms with Crippen molar-refractivity contribution in [2.75, 3.05) is 31.6 Å². The highest BCUT2D eigenvalue weighted by Gasteiger charge is 2.26. The zero-order valence-corrected chi connectivity index (χ0v) is 13.2. The highest BCUT2D eigenvalue weighted by Crippen LogP contribution is 2.24. The number of carbonyl (C=O) groups excluding carboxylic acids is 1. The number of carbonyl (C=O) groups is 1. The van der Waals surface area contributed by atoms with Crippen LogP contribution < -0.4 is 10.2 Å². The number of aromatic amines is 1. The number of likely N-dealkylation sites (N-methyl/N-ethyl adjacent to an activating group) is 1. The fourth-order valence-corrected chi connectivity index (χ4v) is 2.90. The first-order chi connectivity index (χ1) is 9.69. The Morgan fingerprint density at radius 1 is 1.65 bits per heavy atom. The minimum atomic E-state index is -0.422. The number of nitrogens with one attached hydrogen (secondary N) is 2. The van der Waals surface area contributed by atoms with E-state index in [4.69, 9.17) is 4.74 Å². The third kappa shape index (κ3) is 2.47. The molecule has 2 aromatic heterocycles. The van der Waals surface area contributed by atoms with E-state index in [1.807, 2.05) is 12.4 Å². The van der Waals surface area contributed by atoms with E-state index in [0.29, 0.717) is 13.2 Å². The number of ether oxygens (including phenoxy) is 1. The summed E-state index contributed by atoms with van der Waals surface area (Å²) >= 11 is 2.28. The molecule has 1 aliphatic rings. The van der Waals surface area contributed by atoms with Crippen LogP contribution in [0.1, 0.15) is 0 Å². The largest absolute Gasteiger partial charge is 0.365 e. The van der Waals surface area contributed by atoms with Crippen LogP contribution in [0.25, 0.3) is 11.0 Å². The minimum Gasteiger partial charge on any atom is -0.365 e. The Morgan fingerprint density at radius 3 is 3.30 bits per heavy atom. The van der Waals surface area contributed by atoms with Crippen LogP contribution in [-0.4, -0.2) is 48.7 Å². The maximum Gasteiger partial charge on any atom is 0.250 e. The summed E-state index contributed by atoms with van der Waals surface area (Å²) in [5.41, 5.74) is 1.90. The molecule has 3 rings (SSSR count). The van der Waals surface area contributed by atoms with Crippen molar-refractivity contribution in [1.82, 2.24) is 15.3 Å². The number of nitrogens with zero attached hydrogens (tertiary/aromatic N) is 2. The smallest absolute Gasteiger partial charge is 0.250 e. The maximum atomic E-state index is 11.7. The molecule has 20 heavy (non-hydrogen) atoms. The maximum absolute atomic E-state index is 11.7. The van der Waals surface area contributed by atoms with Gasteiger partial charge in [0.1, 0.15) is 5.65 Å². The second kappa shape index (κ2) is 5.57. The van der Waals surface area contributed by atoms with Gasteiger partial charge < -0.3 is 19.9 Å². The normalized spacial score (nSPS) is 19.3. The van der Waals surface area contributed by atoms with Crippen LogP contribution >= 0.6 is 22.6 Å². The molecule has 0 aliphatic carbocycles. The van der Waals surface area contributed by atoms with Gasteiger partial charge in [0.15, 0.2) is 6.10 Å². The Hall–Kier alpha value is -1.35. The summed E-state index contributed by atoms with van der Waals surface area (Å²) in [6.07, 6.45) is 3.35. The SMILES string of the molecule is CNC(=O)[C@@H]1CN(c2cnc3[nH]cc(I)c3c2)CCO1. The Labute approximate surface area is 130 Å². The Bertz CT molecular complexity index is 642. The van der Waals surface area contributed by atoms with Gasteiger partial charge in [0.2, 0.25) is 0 Å². The van der Waals surface area contributed by atoms with Crippen molar-refractivity contribution in [2.45, 2.75) is 6.10 Å². The molecule has 0 saturated carbocycles. The van der Waals surface area contributed by atoms with Crippen LogP contribution in [0.3, 0.4) is 0 Å². The fourth-order valence-electron chi connectivity index (χ4n) is 2.34. The van der Waals surface area contributed by atoms with Crippen LogP contribution in [0.15, 0.2) is 18.5 Å². The molecule has 1 amide bonds. The van der Waals surface area contributed by atoms with E-state index in [2.05, 4.69) is 48.8 Å². The number of hydrogen-bond donors (Lipinski definition) is 2. The van der Waals surface area contributed by atoms with E-state index in [0.717, 1.165) is 26.8 Å². The average Bonchev–Trinajstić information content (AvgIpc) is 2.87. The summed E-state index contributed by atoms with van der Waals surface area (Å²) in [5, 5.41) is 3.73. The lowest BCUT2D eigenvalue weighted by Gasteiger charge is -2.33. The predicted molar refractivity (Wildman–Crippen MR) is 84.8 cm³/mol. The van der Waals surface area contributed by atoms with Crippen molar-refractivity contribution in [3.63, 3.8) is 0 Å². The van der Waals surface area contributed by atoms with Crippen molar-refractivity contribution in [3.05, 3.63) is 22.0 Å². The van der Waals surface area contributed by atoms with Crippen molar-refractivity contribution >= 4 is 45.2 Å². The summed E-state index contributed by atoms with van der Waals surface area (Å²) in [5.74, 6) is -0.0834. The first-order valence-electron chi connectivity index (χ1n) is 6.40. The third-order valence-corrected chi connectivity index (χ3v) is 4.33. The Balaban J connectivity index is 1.86. The molecule has 0 aromatic carbocycles. The lowest BCUT2D eigenvalue weighted by molar-refractivity contribution is -0.132. The lowest BCUT2D eigenvalue weighted by Crippen LogP contribution is -2.49. The molecule has 1 aliphatic heterocycles. The van der Waals surface area contributed by atoms with Gasteiger partial charge in [0, 0.05) is 28.7 Å². The number of H-pyrrole nitrogens is 1. The van der Waals surface area contributed by atoms with Gasteiger partial charge in [-0.1, -0.05) is 0 Å². The molecule has 1 atom stereocenters. The van der Waals surface area contributed by atoms with Crippen LogP contribution in [0.5, 0.6) is 0 Å². The summed E-state index contributed by atoms with van der Waals surface area (Å²) < 4.78 is 6.64. The highest BCUT2D eigenvalue weighted by atomic mass is 127. The van der Waals surface area contributed by atoms with Gasteiger partial charge in [-0.3, -0.25) is 4.79 Å². The molecular weight excluding hydrogens is 371 g/mol. The number of aromatic nitrogens is 2. The van der Waals surface area contributed by atoms with Crippen LogP contribution in [-0.2, 0) is 9.53 Å².